The highest BCUT2D eigenvalue weighted by atomic mass is 16.5. The second-order valence-electron chi connectivity index (χ2n) is 7.38. The number of carbonyl (C=O) groups is 1. The molecule has 0 amide bonds. The van der Waals surface area contributed by atoms with Crippen molar-refractivity contribution in [3.8, 4) is 16.9 Å². The van der Waals surface area contributed by atoms with Gasteiger partial charge in [-0.3, -0.25) is 4.40 Å². The van der Waals surface area contributed by atoms with Gasteiger partial charge in [0.2, 0.25) is 0 Å². The van der Waals surface area contributed by atoms with E-state index in [0.29, 0.717) is 31.2 Å². The fraction of sp³-hybridized carbons (Fsp3) is 0.231. The van der Waals surface area contributed by atoms with Crippen molar-refractivity contribution in [1.29, 1.82) is 0 Å². The summed E-state index contributed by atoms with van der Waals surface area (Å²) in [4.78, 5) is 16.4. The largest absolute Gasteiger partial charge is 0.489 e. The lowest BCUT2D eigenvalue weighted by atomic mass is 10.1. The molecule has 4 aromatic rings. The van der Waals surface area contributed by atoms with Crippen LogP contribution >= 0.6 is 0 Å². The van der Waals surface area contributed by atoms with Gasteiger partial charge in [0.25, 0.3) is 0 Å². The summed E-state index contributed by atoms with van der Waals surface area (Å²) in [5.74, 6) is 0.471. The first-order valence-electron chi connectivity index (χ1n) is 10.6. The molecule has 0 aliphatic carbocycles. The number of nitrogens with zero attached hydrogens (tertiary/aromatic N) is 2. The van der Waals surface area contributed by atoms with Crippen LogP contribution in [0.25, 0.3) is 16.8 Å². The number of fused-ring (bicyclic) bond motifs is 1. The maximum atomic E-state index is 12.0. The molecule has 0 saturated carbocycles. The predicted molar refractivity (Wildman–Crippen MR) is 123 cm³/mol. The average molecular weight is 431 g/mol. The molecule has 0 spiro atoms. The van der Waals surface area contributed by atoms with Crippen molar-refractivity contribution in [3.63, 3.8) is 0 Å². The van der Waals surface area contributed by atoms with E-state index in [1.54, 1.807) is 24.6 Å². The summed E-state index contributed by atoms with van der Waals surface area (Å²) in [6.07, 6.45) is 4.28. The standard InChI is InChI=1S/C26H26N2O4/c1-3-31-26(29)24-17-27-25-16-22(12-14-28(24)25)21-8-4-20(5-9-21)18-32-23-10-6-19(7-11-23)13-15-30-2/h4-12,14,16-17H,3,13,15,18H2,1-2H3. The van der Waals surface area contributed by atoms with Gasteiger partial charge in [0.15, 0.2) is 5.69 Å². The third-order valence-electron chi connectivity index (χ3n) is 5.21. The number of imidazole rings is 1. The summed E-state index contributed by atoms with van der Waals surface area (Å²) in [7, 11) is 1.71. The molecule has 2 heterocycles. The van der Waals surface area contributed by atoms with Gasteiger partial charge in [-0.15, -0.1) is 0 Å². The highest BCUT2D eigenvalue weighted by Crippen LogP contribution is 2.23. The Morgan fingerprint density at radius 3 is 2.44 bits per heavy atom. The number of carbonyl (C=O) groups excluding carboxylic acids is 1. The zero-order valence-corrected chi connectivity index (χ0v) is 18.3. The van der Waals surface area contributed by atoms with Crippen LogP contribution < -0.4 is 4.74 Å². The summed E-state index contributed by atoms with van der Waals surface area (Å²) >= 11 is 0. The van der Waals surface area contributed by atoms with E-state index in [-0.39, 0.29) is 5.97 Å². The molecule has 0 saturated heterocycles. The van der Waals surface area contributed by atoms with E-state index in [2.05, 4.69) is 41.4 Å². The van der Waals surface area contributed by atoms with E-state index in [4.69, 9.17) is 14.2 Å². The molecular weight excluding hydrogens is 404 g/mol. The van der Waals surface area contributed by atoms with E-state index in [9.17, 15) is 4.79 Å². The number of rotatable bonds is 9. The number of pyridine rings is 1. The number of hydrogen-bond donors (Lipinski definition) is 0. The van der Waals surface area contributed by atoms with Crippen molar-refractivity contribution in [2.24, 2.45) is 0 Å². The van der Waals surface area contributed by atoms with E-state index < -0.39 is 0 Å². The fourth-order valence-electron chi connectivity index (χ4n) is 3.45. The maximum Gasteiger partial charge on any atom is 0.356 e. The Kier molecular flexibility index (Phi) is 6.82. The van der Waals surface area contributed by atoms with Crippen LogP contribution in [0.1, 0.15) is 28.5 Å². The molecule has 0 fully saturated rings. The highest BCUT2D eigenvalue weighted by Gasteiger charge is 2.13. The van der Waals surface area contributed by atoms with Gasteiger partial charge >= 0.3 is 5.97 Å². The third-order valence-corrected chi connectivity index (χ3v) is 5.21. The lowest BCUT2D eigenvalue weighted by Crippen LogP contribution is -2.07. The predicted octanol–water partition coefficient (Wildman–Crippen LogP) is 4.95. The van der Waals surface area contributed by atoms with E-state index in [1.807, 2.05) is 30.5 Å². The summed E-state index contributed by atoms with van der Waals surface area (Å²) in [6, 6.07) is 20.3. The number of aromatic nitrogens is 2. The molecule has 0 N–H and O–H groups in total. The summed E-state index contributed by atoms with van der Waals surface area (Å²) in [5, 5.41) is 0. The Morgan fingerprint density at radius 1 is 0.969 bits per heavy atom. The van der Waals surface area contributed by atoms with Gasteiger partial charge in [0, 0.05) is 13.3 Å². The molecular formula is C26H26N2O4. The van der Waals surface area contributed by atoms with Gasteiger partial charge in [-0.1, -0.05) is 36.4 Å². The first-order chi connectivity index (χ1) is 15.7. The topological polar surface area (TPSA) is 62.1 Å². The molecule has 0 aliphatic rings. The summed E-state index contributed by atoms with van der Waals surface area (Å²) in [5.41, 5.74) is 5.53. The zero-order chi connectivity index (χ0) is 22.3. The van der Waals surface area contributed by atoms with Gasteiger partial charge in [0.05, 0.1) is 19.4 Å². The molecule has 0 atom stereocenters. The summed E-state index contributed by atoms with van der Waals surface area (Å²) in [6.45, 7) is 3.33. The van der Waals surface area contributed by atoms with Crippen LogP contribution in [0.4, 0.5) is 0 Å². The van der Waals surface area contributed by atoms with Gasteiger partial charge in [-0.2, -0.15) is 0 Å². The van der Waals surface area contributed by atoms with Crippen LogP contribution in [-0.4, -0.2) is 35.7 Å². The quantitative estimate of drug-likeness (QED) is 0.352. The number of ether oxygens (including phenoxy) is 3. The Morgan fingerprint density at radius 2 is 1.72 bits per heavy atom. The zero-order valence-electron chi connectivity index (χ0n) is 18.3. The minimum absolute atomic E-state index is 0.333. The van der Waals surface area contributed by atoms with Crippen molar-refractivity contribution >= 4 is 11.6 Å². The van der Waals surface area contributed by atoms with Gasteiger partial charge < -0.3 is 14.2 Å². The Balaban J connectivity index is 1.41. The Bertz CT molecular complexity index is 1180. The molecule has 0 unspecified atom stereocenters. The monoisotopic (exact) mass is 430 g/mol. The van der Waals surface area contributed by atoms with Crippen LogP contribution in [0.5, 0.6) is 5.75 Å². The number of benzene rings is 2. The van der Waals surface area contributed by atoms with Crippen LogP contribution in [0, 0.1) is 0 Å². The van der Waals surface area contributed by atoms with Crippen molar-refractivity contribution in [2.45, 2.75) is 20.0 Å². The van der Waals surface area contributed by atoms with Crippen molar-refractivity contribution < 1.29 is 19.0 Å². The SMILES string of the molecule is CCOC(=O)c1cnc2cc(-c3ccc(COc4ccc(CCOC)cc4)cc3)ccn12. The third kappa shape index (κ3) is 4.98. The molecule has 6 nitrogen and oxygen atoms in total. The first-order valence-corrected chi connectivity index (χ1v) is 10.6. The normalized spacial score (nSPS) is 10.9. The van der Waals surface area contributed by atoms with E-state index in [1.165, 1.54) is 5.56 Å². The Labute approximate surface area is 187 Å². The molecule has 2 aromatic heterocycles. The molecule has 32 heavy (non-hydrogen) atoms. The molecule has 0 bridgehead atoms. The van der Waals surface area contributed by atoms with Crippen LogP contribution in [0.15, 0.2) is 73.1 Å². The van der Waals surface area contributed by atoms with E-state index >= 15 is 0 Å². The minimum atomic E-state index is -0.373. The molecule has 4 rings (SSSR count). The summed E-state index contributed by atoms with van der Waals surface area (Å²) < 4.78 is 17.8. The lowest BCUT2D eigenvalue weighted by molar-refractivity contribution is 0.0518. The van der Waals surface area contributed by atoms with Gasteiger partial charge in [0.1, 0.15) is 18.0 Å². The maximum absolute atomic E-state index is 12.0. The fourth-order valence-corrected chi connectivity index (χ4v) is 3.45. The van der Waals surface area contributed by atoms with Crippen molar-refractivity contribution in [3.05, 3.63) is 89.9 Å². The average Bonchev–Trinajstić information content (AvgIpc) is 3.26. The van der Waals surface area contributed by atoms with Crippen LogP contribution in [0.2, 0.25) is 0 Å². The van der Waals surface area contributed by atoms with Crippen LogP contribution in [-0.2, 0) is 22.5 Å². The van der Waals surface area contributed by atoms with E-state index in [0.717, 1.165) is 28.9 Å². The molecule has 164 valence electrons. The minimum Gasteiger partial charge on any atom is -0.489 e. The van der Waals surface area contributed by atoms with Crippen molar-refractivity contribution in [1.82, 2.24) is 9.38 Å². The highest BCUT2D eigenvalue weighted by molar-refractivity contribution is 5.88. The molecule has 0 radical (unpaired) electrons. The number of esters is 1. The van der Waals surface area contributed by atoms with Crippen LogP contribution in [0.3, 0.4) is 0 Å². The number of hydrogen-bond acceptors (Lipinski definition) is 5. The Hall–Kier alpha value is -3.64. The molecule has 2 aromatic carbocycles. The molecule has 0 aliphatic heterocycles. The molecule has 6 heteroatoms. The lowest BCUT2D eigenvalue weighted by Gasteiger charge is -2.09. The smallest absolute Gasteiger partial charge is 0.356 e. The number of methoxy groups -OCH3 is 1. The van der Waals surface area contributed by atoms with Gasteiger partial charge in [-0.05, 0) is 59.9 Å². The van der Waals surface area contributed by atoms with Gasteiger partial charge in [-0.25, -0.2) is 9.78 Å². The van der Waals surface area contributed by atoms with Crippen molar-refractivity contribution in [2.75, 3.05) is 20.3 Å². The second kappa shape index (κ2) is 10.1. The second-order valence-corrected chi connectivity index (χ2v) is 7.38. The first kappa shape index (κ1) is 21.6.